The zero-order valence-corrected chi connectivity index (χ0v) is 14.0. The van der Waals surface area contributed by atoms with Crippen molar-refractivity contribution in [1.29, 1.82) is 0 Å². The standard InChI is InChI=1S/C17H22N2O3.ClH/c1-11(20)12-3-2-4-16(7-12)22-10-17(21)19-15-8-13-5-6-14(9-15)18-13;/h2-4,7,13-15,18H,5-6,8-10H2,1H3,(H,19,21);1H. The molecule has 2 fully saturated rings. The maximum atomic E-state index is 12.0. The van der Waals surface area contributed by atoms with Crippen molar-refractivity contribution in [3.63, 3.8) is 0 Å². The quantitative estimate of drug-likeness (QED) is 0.807. The molecule has 2 atom stereocenters. The molecule has 0 aromatic heterocycles. The number of piperidine rings is 1. The highest BCUT2D eigenvalue weighted by Crippen LogP contribution is 2.26. The number of ketones is 1. The fraction of sp³-hybridized carbons (Fsp3) is 0.529. The van der Waals surface area contributed by atoms with E-state index in [1.165, 1.54) is 19.8 Å². The van der Waals surface area contributed by atoms with Crippen LogP contribution in [0.4, 0.5) is 0 Å². The SMILES string of the molecule is CC(=O)c1cccc(OCC(=O)NC2CC3CCC(C2)N3)c1.Cl. The molecule has 1 aromatic rings. The van der Waals surface area contributed by atoms with Crippen LogP contribution in [0.3, 0.4) is 0 Å². The molecule has 2 unspecified atom stereocenters. The van der Waals surface area contributed by atoms with E-state index in [1.807, 2.05) is 0 Å². The first-order valence-corrected chi connectivity index (χ1v) is 7.89. The largest absolute Gasteiger partial charge is 0.484 e. The molecule has 2 saturated heterocycles. The molecular formula is C17H23ClN2O3. The van der Waals surface area contributed by atoms with Crippen molar-refractivity contribution in [2.45, 2.75) is 50.7 Å². The second-order valence-corrected chi connectivity index (χ2v) is 6.25. The summed E-state index contributed by atoms with van der Waals surface area (Å²) in [5.74, 6) is 0.438. The van der Waals surface area contributed by atoms with Crippen LogP contribution in [0.15, 0.2) is 24.3 Å². The molecule has 0 radical (unpaired) electrons. The summed E-state index contributed by atoms with van der Waals surface area (Å²) in [6.45, 7) is 1.50. The van der Waals surface area contributed by atoms with Crippen molar-refractivity contribution in [3.8, 4) is 5.75 Å². The molecular weight excluding hydrogens is 316 g/mol. The normalized spacial score (nSPS) is 25.3. The van der Waals surface area contributed by atoms with E-state index < -0.39 is 0 Å². The van der Waals surface area contributed by atoms with Crippen molar-refractivity contribution in [2.75, 3.05) is 6.61 Å². The first-order chi connectivity index (χ1) is 10.6. The average Bonchev–Trinajstić information content (AvgIpc) is 2.84. The number of rotatable bonds is 5. The highest BCUT2D eigenvalue weighted by molar-refractivity contribution is 5.94. The molecule has 5 nitrogen and oxygen atoms in total. The van der Waals surface area contributed by atoms with Gasteiger partial charge in [-0.3, -0.25) is 9.59 Å². The Morgan fingerprint density at radius 3 is 2.61 bits per heavy atom. The van der Waals surface area contributed by atoms with Gasteiger partial charge in [0.15, 0.2) is 12.4 Å². The van der Waals surface area contributed by atoms with Gasteiger partial charge in [-0.15, -0.1) is 12.4 Å². The number of ether oxygens (including phenoxy) is 1. The van der Waals surface area contributed by atoms with Crippen LogP contribution in [0, 0.1) is 0 Å². The van der Waals surface area contributed by atoms with Crippen LogP contribution in [0.1, 0.15) is 43.0 Å². The third-order valence-electron chi connectivity index (χ3n) is 4.45. The van der Waals surface area contributed by atoms with Crippen molar-refractivity contribution in [1.82, 2.24) is 10.6 Å². The van der Waals surface area contributed by atoms with Gasteiger partial charge in [-0.1, -0.05) is 12.1 Å². The first kappa shape index (κ1) is 17.8. The maximum absolute atomic E-state index is 12.0. The molecule has 2 bridgehead atoms. The van der Waals surface area contributed by atoms with Gasteiger partial charge in [-0.2, -0.15) is 0 Å². The lowest BCUT2D eigenvalue weighted by Gasteiger charge is -2.29. The predicted molar refractivity (Wildman–Crippen MR) is 90.3 cm³/mol. The number of fused-ring (bicyclic) bond motifs is 2. The zero-order valence-electron chi connectivity index (χ0n) is 13.2. The van der Waals surface area contributed by atoms with Gasteiger partial charge in [0, 0.05) is 23.7 Å². The van der Waals surface area contributed by atoms with Crippen LogP contribution in [-0.2, 0) is 4.79 Å². The number of halogens is 1. The van der Waals surface area contributed by atoms with E-state index in [1.54, 1.807) is 24.3 Å². The molecule has 6 heteroatoms. The molecule has 2 N–H and O–H groups in total. The number of carbonyl (C=O) groups excluding carboxylic acids is 2. The number of carbonyl (C=O) groups is 2. The number of hydrogen-bond donors (Lipinski definition) is 2. The Hall–Kier alpha value is -1.59. The molecule has 126 valence electrons. The summed E-state index contributed by atoms with van der Waals surface area (Å²) in [5, 5.41) is 6.61. The van der Waals surface area contributed by atoms with E-state index in [0.717, 1.165) is 12.8 Å². The second-order valence-electron chi connectivity index (χ2n) is 6.25. The number of nitrogens with one attached hydrogen (secondary N) is 2. The minimum Gasteiger partial charge on any atom is -0.484 e. The topological polar surface area (TPSA) is 67.4 Å². The third kappa shape index (κ3) is 4.69. The van der Waals surface area contributed by atoms with Gasteiger partial charge in [0.1, 0.15) is 5.75 Å². The highest BCUT2D eigenvalue weighted by atomic mass is 35.5. The lowest BCUT2D eigenvalue weighted by atomic mass is 10.00. The van der Waals surface area contributed by atoms with Crippen LogP contribution in [0.25, 0.3) is 0 Å². The van der Waals surface area contributed by atoms with Crippen molar-refractivity contribution >= 4 is 24.1 Å². The van der Waals surface area contributed by atoms with Crippen molar-refractivity contribution in [3.05, 3.63) is 29.8 Å². The number of hydrogen-bond acceptors (Lipinski definition) is 4. The highest BCUT2D eigenvalue weighted by Gasteiger charge is 2.33. The summed E-state index contributed by atoms with van der Waals surface area (Å²) in [6, 6.07) is 8.27. The van der Waals surface area contributed by atoms with E-state index in [4.69, 9.17) is 4.74 Å². The Kier molecular flexibility index (Phi) is 6.02. The van der Waals surface area contributed by atoms with Gasteiger partial charge in [-0.25, -0.2) is 0 Å². The third-order valence-corrected chi connectivity index (χ3v) is 4.45. The van der Waals surface area contributed by atoms with Crippen LogP contribution in [0.5, 0.6) is 5.75 Å². The monoisotopic (exact) mass is 338 g/mol. The second kappa shape index (κ2) is 7.79. The summed E-state index contributed by atoms with van der Waals surface area (Å²) in [5.41, 5.74) is 0.591. The van der Waals surface area contributed by atoms with Crippen LogP contribution < -0.4 is 15.4 Å². The van der Waals surface area contributed by atoms with E-state index in [0.29, 0.717) is 23.4 Å². The maximum Gasteiger partial charge on any atom is 0.258 e. The van der Waals surface area contributed by atoms with E-state index in [2.05, 4.69) is 10.6 Å². The molecule has 0 aliphatic carbocycles. The van der Waals surface area contributed by atoms with Gasteiger partial charge in [0.05, 0.1) is 0 Å². The summed E-state index contributed by atoms with van der Waals surface area (Å²) in [7, 11) is 0. The zero-order chi connectivity index (χ0) is 15.5. The molecule has 3 rings (SSSR count). The molecule has 23 heavy (non-hydrogen) atoms. The summed E-state index contributed by atoms with van der Waals surface area (Å²) < 4.78 is 5.49. The fourth-order valence-electron chi connectivity index (χ4n) is 3.40. The summed E-state index contributed by atoms with van der Waals surface area (Å²) >= 11 is 0. The Morgan fingerprint density at radius 1 is 1.26 bits per heavy atom. The minimum atomic E-state index is -0.0977. The summed E-state index contributed by atoms with van der Waals surface area (Å²) in [4.78, 5) is 23.3. The smallest absolute Gasteiger partial charge is 0.258 e. The van der Waals surface area contributed by atoms with Crippen LogP contribution in [-0.4, -0.2) is 36.4 Å². The van der Waals surface area contributed by atoms with Gasteiger partial charge in [0.2, 0.25) is 0 Å². The molecule has 2 heterocycles. The van der Waals surface area contributed by atoms with Crippen molar-refractivity contribution < 1.29 is 14.3 Å². The lowest BCUT2D eigenvalue weighted by molar-refractivity contribution is -0.124. The Balaban J connectivity index is 0.00000192. The van der Waals surface area contributed by atoms with Gasteiger partial charge in [-0.05, 0) is 44.7 Å². The lowest BCUT2D eigenvalue weighted by Crippen LogP contribution is -2.48. The molecule has 1 aromatic carbocycles. The Morgan fingerprint density at radius 2 is 1.96 bits per heavy atom. The fourth-order valence-corrected chi connectivity index (χ4v) is 3.40. The number of benzene rings is 1. The molecule has 2 aliphatic heterocycles. The number of Topliss-reactive ketones (excluding diaryl/α,β-unsaturated/α-hetero) is 1. The first-order valence-electron chi connectivity index (χ1n) is 7.89. The Bertz CT molecular complexity index is 567. The molecule has 0 saturated carbocycles. The van der Waals surface area contributed by atoms with Crippen LogP contribution in [0.2, 0.25) is 0 Å². The van der Waals surface area contributed by atoms with E-state index >= 15 is 0 Å². The molecule has 0 spiro atoms. The minimum absolute atomic E-state index is 0. The Labute approximate surface area is 142 Å². The average molecular weight is 339 g/mol. The van der Waals surface area contributed by atoms with Gasteiger partial charge >= 0.3 is 0 Å². The van der Waals surface area contributed by atoms with E-state index in [-0.39, 0.29) is 36.7 Å². The van der Waals surface area contributed by atoms with Gasteiger partial charge < -0.3 is 15.4 Å². The molecule has 1 amide bonds. The predicted octanol–water partition coefficient (Wildman–Crippen LogP) is 2.09. The van der Waals surface area contributed by atoms with Crippen LogP contribution >= 0.6 is 12.4 Å². The molecule has 2 aliphatic rings. The van der Waals surface area contributed by atoms with Gasteiger partial charge in [0.25, 0.3) is 5.91 Å². The summed E-state index contributed by atoms with van der Waals surface area (Å²) in [6.07, 6.45) is 4.43. The van der Waals surface area contributed by atoms with E-state index in [9.17, 15) is 9.59 Å². The van der Waals surface area contributed by atoms with Crippen molar-refractivity contribution in [2.24, 2.45) is 0 Å². The number of amides is 1.